The molecule has 0 fully saturated rings. The number of benzene rings is 3. The summed E-state index contributed by atoms with van der Waals surface area (Å²) in [7, 11) is -4.14. The number of nitrogens with zero attached hydrogens (tertiary/aromatic N) is 1. The Balaban J connectivity index is 1.99. The molecule has 0 saturated heterocycles. The van der Waals surface area contributed by atoms with Crippen LogP contribution in [0.15, 0.2) is 87.7 Å². The van der Waals surface area contributed by atoms with Crippen molar-refractivity contribution in [1.82, 2.24) is 4.31 Å². The fourth-order valence-electron chi connectivity index (χ4n) is 4.12. The van der Waals surface area contributed by atoms with Crippen LogP contribution in [-0.4, -0.2) is 23.8 Å². The van der Waals surface area contributed by atoms with Crippen molar-refractivity contribution < 1.29 is 18.3 Å². The third-order valence-electron chi connectivity index (χ3n) is 5.75. The van der Waals surface area contributed by atoms with E-state index in [1.165, 1.54) is 16.4 Å². The standard InChI is InChI=1S/C25H20BrCl2NO4S/c1-15-5-8-19(9-6-15)34(32,33)29-23(16-7-11-21(27)22(28)14-16)12-10-20(25(30)31)24(29)17-3-2-4-18(26)13-17/h2-11,13-14,23-24H,12H2,1H3,(H,30,31)/t23?,24-/m0/s1. The van der Waals surface area contributed by atoms with Crippen molar-refractivity contribution in [3.8, 4) is 0 Å². The number of carbonyl (C=O) groups is 1. The number of carboxylic acid groups (broad SMARTS) is 1. The van der Waals surface area contributed by atoms with Gasteiger partial charge in [0.2, 0.25) is 10.0 Å². The van der Waals surface area contributed by atoms with E-state index in [2.05, 4.69) is 15.9 Å². The summed E-state index contributed by atoms with van der Waals surface area (Å²) < 4.78 is 30.2. The van der Waals surface area contributed by atoms with E-state index in [-0.39, 0.29) is 16.9 Å². The van der Waals surface area contributed by atoms with Gasteiger partial charge in [0.05, 0.1) is 32.6 Å². The molecule has 34 heavy (non-hydrogen) atoms. The number of carboxylic acids is 1. The number of aryl methyl sites for hydroxylation is 1. The molecular formula is C25H20BrCl2NO4S. The Morgan fingerprint density at radius 1 is 1.00 bits per heavy atom. The van der Waals surface area contributed by atoms with Gasteiger partial charge in [0.25, 0.3) is 0 Å². The minimum absolute atomic E-state index is 0.00917. The van der Waals surface area contributed by atoms with Crippen LogP contribution in [0, 0.1) is 6.92 Å². The summed E-state index contributed by atoms with van der Waals surface area (Å²) in [5.74, 6) is -1.18. The summed E-state index contributed by atoms with van der Waals surface area (Å²) in [4.78, 5) is 12.4. The largest absolute Gasteiger partial charge is 0.478 e. The lowest BCUT2D eigenvalue weighted by Gasteiger charge is -2.40. The van der Waals surface area contributed by atoms with Crippen LogP contribution in [0.3, 0.4) is 0 Å². The third-order valence-corrected chi connectivity index (χ3v) is 8.87. The molecule has 1 N–H and O–H groups in total. The lowest BCUT2D eigenvalue weighted by Crippen LogP contribution is -2.42. The van der Waals surface area contributed by atoms with Crippen molar-refractivity contribution in [3.63, 3.8) is 0 Å². The summed E-state index contributed by atoms with van der Waals surface area (Å²) in [6.45, 7) is 1.87. The molecule has 4 rings (SSSR count). The smallest absolute Gasteiger partial charge is 0.333 e. The summed E-state index contributed by atoms with van der Waals surface area (Å²) in [5.41, 5.74) is 2.05. The monoisotopic (exact) mass is 579 g/mol. The number of rotatable bonds is 5. The van der Waals surface area contributed by atoms with E-state index in [1.54, 1.807) is 60.7 Å². The fraction of sp³-hybridized carbons (Fsp3) is 0.160. The molecule has 2 atom stereocenters. The first-order valence-corrected chi connectivity index (χ1v) is 13.3. The van der Waals surface area contributed by atoms with Crippen molar-refractivity contribution in [1.29, 1.82) is 0 Å². The van der Waals surface area contributed by atoms with E-state index < -0.39 is 28.1 Å². The van der Waals surface area contributed by atoms with Crippen LogP contribution in [0.2, 0.25) is 10.0 Å². The zero-order chi connectivity index (χ0) is 24.6. The van der Waals surface area contributed by atoms with Crippen molar-refractivity contribution in [3.05, 3.63) is 110 Å². The van der Waals surface area contributed by atoms with Crippen molar-refractivity contribution in [2.75, 3.05) is 0 Å². The van der Waals surface area contributed by atoms with Gasteiger partial charge in [-0.25, -0.2) is 13.2 Å². The number of halogens is 3. The lowest BCUT2D eigenvalue weighted by molar-refractivity contribution is -0.133. The van der Waals surface area contributed by atoms with Gasteiger partial charge in [0.1, 0.15) is 0 Å². The van der Waals surface area contributed by atoms with Crippen LogP contribution in [0.5, 0.6) is 0 Å². The summed E-state index contributed by atoms with van der Waals surface area (Å²) in [5, 5.41) is 10.7. The minimum atomic E-state index is -4.14. The molecular weight excluding hydrogens is 561 g/mol. The van der Waals surface area contributed by atoms with E-state index >= 15 is 0 Å². The van der Waals surface area contributed by atoms with Gasteiger partial charge >= 0.3 is 5.97 Å². The zero-order valence-electron chi connectivity index (χ0n) is 18.0. The molecule has 0 amide bonds. The van der Waals surface area contributed by atoms with Crippen LogP contribution in [0.4, 0.5) is 0 Å². The molecule has 0 aromatic heterocycles. The molecule has 0 bridgehead atoms. The predicted molar refractivity (Wildman–Crippen MR) is 137 cm³/mol. The highest BCUT2D eigenvalue weighted by Crippen LogP contribution is 2.46. The summed E-state index contributed by atoms with van der Waals surface area (Å²) in [6.07, 6.45) is 1.75. The molecule has 1 aliphatic rings. The van der Waals surface area contributed by atoms with Gasteiger partial charge in [-0.1, -0.05) is 81.1 Å². The van der Waals surface area contributed by atoms with E-state index in [9.17, 15) is 18.3 Å². The Hall–Kier alpha value is -2.16. The number of hydrogen-bond acceptors (Lipinski definition) is 3. The van der Waals surface area contributed by atoms with E-state index in [1.807, 2.05) is 6.92 Å². The van der Waals surface area contributed by atoms with Gasteiger partial charge in [-0.15, -0.1) is 0 Å². The van der Waals surface area contributed by atoms with Crippen molar-refractivity contribution >= 4 is 55.1 Å². The van der Waals surface area contributed by atoms with Crippen LogP contribution in [-0.2, 0) is 14.8 Å². The SMILES string of the molecule is Cc1ccc(S(=O)(=O)N2C(c3ccc(Cl)c(Cl)c3)CC=C(C(=O)O)[C@@H]2c2cccc(Br)c2)cc1. The average Bonchev–Trinajstić information content (AvgIpc) is 2.80. The molecule has 1 unspecified atom stereocenters. The predicted octanol–water partition coefficient (Wildman–Crippen LogP) is 6.95. The Kier molecular flexibility index (Phi) is 7.22. The second kappa shape index (κ2) is 9.84. The van der Waals surface area contributed by atoms with Crippen LogP contribution < -0.4 is 0 Å². The number of sulfonamides is 1. The molecule has 0 saturated carbocycles. The quantitative estimate of drug-likeness (QED) is 0.354. The molecule has 1 heterocycles. The number of aliphatic carboxylic acids is 1. The topological polar surface area (TPSA) is 74.7 Å². The van der Waals surface area contributed by atoms with Gasteiger partial charge < -0.3 is 5.11 Å². The molecule has 9 heteroatoms. The normalized spacial score (nSPS) is 19.0. The summed E-state index contributed by atoms with van der Waals surface area (Å²) >= 11 is 15.8. The van der Waals surface area contributed by atoms with Crippen molar-refractivity contribution in [2.24, 2.45) is 0 Å². The maximum atomic E-state index is 14.1. The van der Waals surface area contributed by atoms with E-state index in [0.29, 0.717) is 25.6 Å². The molecule has 3 aromatic rings. The second-order valence-electron chi connectivity index (χ2n) is 8.00. The summed E-state index contributed by atoms with van der Waals surface area (Å²) in [6, 6.07) is 16.7. The van der Waals surface area contributed by atoms with Crippen molar-refractivity contribution in [2.45, 2.75) is 30.3 Å². The zero-order valence-corrected chi connectivity index (χ0v) is 21.9. The Morgan fingerprint density at radius 2 is 1.71 bits per heavy atom. The highest BCUT2D eigenvalue weighted by molar-refractivity contribution is 9.10. The highest BCUT2D eigenvalue weighted by atomic mass is 79.9. The Labute approximate surface area is 216 Å². The van der Waals surface area contributed by atoms with E-state index in [4.69, 9.17) is 23.2 Å². The molecule has 5 nitrogen and oxygen atoms in total. The van der Waals surface area contributed by atoms with Gasteiger partial charge in [0.15, 0.2) is 0 Å². The maximum Gasteiger partial charge on any atom is 0.333 e. The van der Waals surface area contributed by atoms with E-state index in [0.717, 1.165) is 5.56 Å². The molecule has 3 aromatic carbocycles. The fourth-order valence-corrected chi connectivity index (χ4v) is 6.62. The van der Waals surface area contributed by atoms with Crippen LogP contribution in [0.25, 0.3) is 0 Å². The average molecular weight is 581 g/mol. The molecule has 176 valence electrons. The first kappa shape index (κ1) is 24.9. The van der Waals surface area contributed by atoms with Gasteiger partial charge in [0, 0.05) is 4.47 Å². The first-order chi connectivity index (χ1) is 16.1. The third kappa shape index (κ3) is 4.81. The highest BCUT2D eigenvalue weighted by Gasteiger charge is 2.44. The Bertz CT molecular complexity index is 1390. The van der Waals surface area contributed by atoms with Crippen LogP contribution in [0.1, 0.15) is 35.2 Å². The molecule has 0 radical (unpaired) electrons. The number of hydrogen-bond donors (Lipinski definition) is 1. The lowest BCUT2D eigenvalue weighted by atomic mass is 9.89. The molecule has 0 spiro atoms. The van der Waals surface area contributed by atoms with Crippen LogP contribution >= 0.6 is 39.1 Å². The van der Waals surface area contributed by atoms with Gasteiger partial charge in [-0.05, 0) is 60.9 Å². The van der Waals surface area contributed by atoms with Gasteiger partial charge in [-0.2, -0.15) is 4.31 Å². The molecule has 0 aliphatic carbocycles. The first-order valence-electron chi connectivity index (χ1n) is 10.3. The maximum absolute atomic E-state index is 14.1. The molecule has 1 aliphatic heterocycles. The Morgan fingerprint density at radius 3 is 2.32 bits per heavy atom. The minimum Gasteiger partial charge on any atom is -0.478 e. The second-order valence-corrected chi connectivity index (χ2v) is 11.6. The van der Waals surface area contributed by atoms with Gasteiger partial charge in [-0.3, -0.25) is 0 Å².